The molecule has 128 valence electrons. The van der Waals surface area contributed by atoms with Crippen LogP contribution in [-0.2, 0) is 28.5 Å². The van der Waals surface area contributed by atoms with Crippen molar-refractivity contribution < 1.29 is 28.5 Å². The van der Waals surface area contributed by atoms with Gasteiger partial charge >= 0.3 is 11.9 Å². The molecule has 1 aliphatic carbocycles. The zero-order valence-electron chi connectivity index (χ0n) is 14.2. The van der Waals surface area contributed by atoms with Crippen molar-refractivity contribution in [1.29, 1.82) is 0 Å². The lowest BCUT2D eigenvalue weighted by atomic mass is 9.84. The van der Waals surface area contributed by atoms with Gasteiger partial charge in [-0.05, 0) is 38.5 Å². The van der Waals surface area contributed by atoms with Crippen LogP contribution in [0.25, 0.3) is 0 Å². The van der Waals surface area contributed by atoms with Gasteiger partial charge in [-0.25, -0.2) is 0 Å². The molecule has 0 aromatic heterocycles. The Kier molecular flexibility index (Phi) is 7.29. The second-order valence-electron chi connectivity index (χ2n) is 5.81. The average Bonchev–Trinajstić information content (AvgIpc) is 2.83. The summed E-state index contributed by atoms with van der Waals surface area (Å²) in [5.74, 6) is -0.635. The Balaban J connectivity index is 2.94. The normalized spacial score (nSPS) is 23.5. The molecule has 0 spiro atoms. The van der Waals surface area contributed by atoms with Crippen LogP contribution in [0, 0.1) is 17.3 Å². The van der Waals surface area contributed by atoms with Gasteiger partial charge in [-0.2, -0.15) is 0 Å². The Morgan fingerprint density at radius 3 is 1.95 bits per heavy atom. The summed E-state index contributed by atoms with van der Waals surface area (Å²) in [4.78, 5) is 24.8. The number of methoxy groups -OCH3 is 2. The van der Waals surface area contributed by atoms with Gasteiger partial charge < -0.3 is 18.9 Å². The second-order valence-corrected chi connectivity index (χ2v) is 5.81. The van der Waals surface area contributed by atoms with E-state index in [1.165, 1.54) is 0 Å². The van der Waals surface area contributed by atoms with Crippen molar-refractivity contribution in [2.45, 2.75) is 46.3 Å². The van der Waals surface area contributed by atoms with Crippen LogP contribution in [0.5, 0.6) is 0 Å². The largest absolute Gasteiger partial charge is 0.465 e. The van der Waals surface area contributed by atoms with Gasteiger partial charge in [0.05, 0.1) is 13.2 Å². The third-order valence-electron chi connectivity index (χ3n) is 4.44. The summed E-state index contributed by atoms with van der Waals surface area (Å²) in [7, 11) is 3.16. The van der Waals surface area contributed by atoms with Crippen LogP contribution >= 0.6 is 0 Å². The lowest BCUT2D eigenvalue weighted by Gasteiger charge is -2.25. The molecule has 0 heterocycles. The minimum absolute atomic E-state index is 0.138. The summed E-state index contributed by atoms with van der Waals surface area (Å²) < 4.78 is 20.8. The summed E-state index contributed by atoms with van der Waals surface area (Å²) in [5, 5.41) is 0. The fraction of sp³-hybridized carbons (Fsp3) is 0.875. The van der Waals surface area contributed by atoms with E-state index in [9.17, 15) is 9.59 Å². The molecule has 0 aromatic rings. The third kappa shape index (κ3) is 3.98. The van der Waals surface area contributed by atoms with Gasteiger partial charge in [0.25, 0.3) is 0 Å². The average molecular weight is 316 g/mol. The van der Waals surface area contributed by atoms with Crippen molar-refractivity contribution in [3.8, 4) is 0 Å². The lowest BCUT2D eigenvalue weighted by molar-refractivity contribution is -0.172. The molecule has 6 nitrogen and oxygen atoms in total. The topological polar surface area (TPSA) is 71.1 Å². The molecule has 2 unspecified atom stereocenters. The van der Waals surface area contributed by atoms with Gasteiger partial charge in [0, 0.05) is 20.6 Å². The van der Waals surface area contributed by atoms with E-state index in [1.54, 1.807) is 28.1 Å². The van der Waals surface area contributed by atoms with Crippen LogP contribution in [0.15, 0.2) is 0 Å². The predicted molar refractivity (Wildman–Crippen MR) is 80.0 cm³/mol. The fourth-order valence-corrected chi connectivity index (χ4v) is 3.26. The standard InChI is InChI=1S/C16H28O6/c1-6-21-14(17)16(15(18)22-7-2)9-11(3)12(10-16)8-13(19-4)20-5/h11-13H,6-10H2,1-5H3. The fourth-order valence-electron chi connectivity index (χ4n) is 3.26. The Hall–Kier alpha value is -1.14. The highest BCUT2D eigenvalue weighted by Crippen LogP contribution is 2.49. The van der Waals surface area contributed by atoms with E-state index < -0.39 is 17.4 Å². The number of hydrogen-bond donors (Lipinski definition) is 0. The van der Waals surface area contributed by atoms with Gasteiger partial charge in [-0.3, -0.25) is 9.59 Å². The van der Waals surface area contributed by atoms with Crippen molar-refractivity contribution >= 4 is 11.9 Å². The number of carbonyl (C=O) groups excluding carboxylic acids is 2. The molecule has 22 heavy (non-hydrogen) atoms. The molecule has 0 N–H and O–H groups in total. The SMILES string of the molecule is CCOC(=O)C1(C(=O)OCC)CC(C)C(CC(OC)OC)C1. The van der Waals surface area contributed by atoms with Crippen molar-refractivity contribution in [3.05, 3.63) is 0 Å². The Bertz CT molecular complexity index is 359. The number of hydrogen-bond acceptors (Lipinski definition) is 6. The highest BCUT2D eigenvalue weighted by Gasteiger charge is 2.56. The molecule has 0 radical (unpaired) electrons. The van der Waals surface area contributed by atoms with E-state index in [1.807, 2.05) is 6.92 Å². The maximum absolute atomic E-state index is 12.4. The van der Waals surface area contributed by atoms with Crippen LogP contribution in [0.2, 0.25) is 0 Å². The van der Waals surface area contributed by atoms with Crippen molar-refractivity contribution in [2.24, 2.45) is 17.3 Å². The summed E-state index contributed by atoms with van der Waals surface area (Å²) in [5.41, 5.74) is -1.19. The highest BCUT2D eigenvalue weighted by molar-refractivity contribution is 6.00. The number of ether oxygens (including phenoxy) is 4. The van der Waals surface area contributed by atoms with Gasteiger partial charge in [-0.15, -0.1) is 0 Å². The van der Waals surface area contributed by atoms with E-state index >= 15 is 0 Å². The van der Waals surface area contributed by atoms with Crippen LogP contribution in [0.1, 0.15) is 40.0 Å². The molecular weight excluding hydrogens is 288 g/mol. The molecule has 0 amide bonds. The first-order valence-electron chi connectivity index (χ1n) is 7.85. The van der Waals surface area contributed by atoms with Gasteiger partial charge in [0.2, 0.25) is 0 Å². The van der Waals surface area contributed by atoms with Crippen LogP contribution in [-0.4, -0.2) is 45.7 Å². The van der Waals surface area contributed by atoms with Crippen LogP contribution < -0.4 is 0 Å². The molecule has 1 fully saturated rings. The number of carbonyl (C=O) groups is 2. The summed E-state index contributed by atoms with van der Waals surface area (Å²) in [6.07, 6.45) is 1.15. The van der Waals surface area contributed by atoms with Gasteiger partial charge in [0.15, 0.2) is 11.7 Å². The maximum Gasteiger partial charge on any atom is 0.323 e. The molecule has 1 rings (SSSR count). The monoisotopic (exact) mass is 316 g/mol. The number of rotatable bonds is 8. The Morgan fingerprint density at radius 2 is 1.55 bits per heavy atom. The van der Waals surface area contributed by atoms with Crippen molar-refractivity contribution in [2.75, 3.05) is 27.4 Å². The molecule has 2 atom stereocenters. The summed E-state index contributed by atoms with van der Waals surface area (Å²) >= 11 is 0. The Labute approximate surface area is 132 Å². The first-order chi connectivity index (χ1) is 10.4. The molecule has 0 saturated heterocycles. The van der Waals surface area contributed by atoms with E-state index in [-0.39, 0.29) is 31.3 Å². The first kappa shape index (κ1) is 18.9. The maximum atomic E-state index is 12.4. The zero-order chi connectivity index (χ0) is 16.8. The summed E-state index contributed by atoms with van der Waals surface area (Å²) in [6.45, 7) is 6.00. The smallest absolute Gasteiger partial charge is 0.323 e. The van der Waals surface area contributed by atoms with Crippen molar-refractivity contribution in [3.63, 3.8) is 0 Å². The van der Waals surface area contributed by atoms with Gasteiger partial charge in [0.1, 0.15) is 0 Å². The molecular formula is C16H28O6. The van der Waals surface area contributed by atoms with E-state index in [4.69, 9.17) is 18.9 Å². The van der Waals surface area contributed by atoms with E-state index in [2.05, 4.69) is 0 Å². The Morgan fingerprint density at radius 1 is 1.05 bits per heavy atom. The zero-order valence-corrected chi connectivity index (χ0v) is 14.2. The van der Waals surface area contributed by atoms with Crippen LogP contribution in [0.4, 0.5) is 0 Å². The third-order valence-corrected chi connectivity index (χ3v) is 4.44. The van der Waals surface area contributed by atoms with Gasteiger partial charge in [-0.1, -0.05) is 6.92 Å². The first-order valence-corrected chi connectivity index (χ1v) is 7.85. The molecule has 0 bridgehead atoms. The molecule has 0 aliphatic heterocycles. The molecule has 6 heteroatoms. The highest BCUT2D eigenvalue weighted by atomic mass is 16.7. The minimum Gasteiger partial charge on any atom is -0.465 e. The van der Waals surface area contributed by atoms with E-state index in [0.29, 0.717) is 19.3 Å². The molecule has 1 aliphatic rings. The lowest BCUT2D eigenvalue weighted by Crippen LogP contribution is -2.40. The molecule has 1 saturated carbocycles. The predicted octanol–water partition coefficient (Wildman–Crippen LogP) is 2.15. The quantitative estimate of drug-likeness (QED) is 0.388. The molecule has 0 aromatic carbocycles. The minimum atomic E-state index is -1.19. The second kappa shape index (κ2) is 8.48. The van der Waals surface area contributed by atoms with Crippen LogP contribution in [0.3, 0.4) is 0 Å². The summed E-state index contributed by atoms with van der Waals surface area (Å²) in [6, 6.07) is 0. The number of esters is 2. The van der Waals surface area contributed by atoms with Crippen molar-refractivity contribution in [1.82, 2.24) is 0 Å². The van der Waals surface area contributed by atoms with E-state index in [0.717, 1.165) is 0 Å².